The largest absolute Gasteiger partial charge is 0.394 e. The molecule has 4 rings (SSSR count). The number of benzene rings is 2. The van der Waals surface area contributed by atoms with Gasteiger partial charge in [0.25, 0.3) is 0 Å². The first kappa shape index (κ1) is 22.9. The predicted octanol–water partition coefficient (Wildman–Crippen LogP) is 2.75. The Bertz CT molecular complexity index is 1060. The van der Waals surface area contributed by atoms with Gasteiger partial charge in [-0.05, 0) is 29.7 Å². The summed E-state index contributed by atoms with van der Waals surface area (Å²) in [5, 5.41) is 14.5. The van der Waals surface area contributed by atoms with Crippen LogP contribution >= 0.6 is 0 Å². The summed E-state index contributed by atoms with van der Waals surface area (Å²) in [6.45, 7) is 0.790. The minimum absolute atomic E-state index is 0.0541. The molecular formula is C24H25F2N3O4. The number of carbonyl (C=O) groups excluding carboxylic acids is 2. The molecule has 2 aliphatic rings. The maximum Gasteiger partial charge on any atom is 0.319 e. The summed E-state index contributed by atoms with van der Waals surface area (Å²) in [6.07, 6.45) is 2.87. The van der Waals surface area contributed by atoms with E-state index in [-0.39, 0.29) is 18.0 Å². The van der Waals surface area contributed by atoms with E-state index in [9.17, 15) is 23.5 Å². The predicted molar refractivity (Wildman–Crippen MR) is 117 cm³/mol. The number of aliphatic hydroxyl groups is 1. The highest BCUT2D eigenvalue weighted by Crippen LogP contribution is 2.22. The fraction of sp³-hybridized carbons (Fsp3) is 0.333. The average Bonchev–Trinajstić information content (AvgIpc) is 2.82. The lowest BCUT2D eigenvalue weighted by Crippen LogP contribution is -2.50. The van der Waals surface area contributed by atoms with Crippen LogP contribution in [0.4, 0.5) is 19.3 Å². The quantitative estimate of drug-likeness (QED) is 0.603. The summed E-state index contributed by atoms with van der Waals surface area (Å²) >= 11 is 0. The summed E-state index contributed by atoms with van der Waals surface area (Å²) in [6, 6.07) is 9.27. The van der Waals surface area contributed by atoms with Crippen molar-refractivity contribution in [3.63, 3.8) is 0 Å². The number of halogens is 2. The first-order chi connectivity index (χ1) is 15.9. The van der Waals surface area contributed by atoms with Crippen molar-refractivity contribution >= 4 is 17.6 Å². The summed E-state index contributed by atoms with van der Waals surface area (Å²) in [5.74, 6) is -1.52. The third-order valence-electron chi connectivity index (χ3n) is 5.80. The normalized spacial score (nSPS) is 21.9. The zero-order valence-electron chi connectivity index (χ0n) is 17.8. The molecule has 3 N–H and O–H groups in total. The van der Waals surface area contributed by atoms with Gasteiger partial charge < -0.3 is 25.4 Å². The first-order valence-electron chi connectivity index (χ1n) is 10.7. The molecule has 2 heterocycles. The summed E-state index contributed by atoms with van der Waals surface area (Å²) in [5.41, 5.74) is 2.08. The number of amides is 3. The van der Waals surface area contributed by atoms with E-state index < -0.39 is 42.5 Å². The molecule has 0 aliphatic carbocycles. The molecule has 3 atom stereocenters. The number of hydrogen-bond acceptors (Lipinski definition) is 4. The molecule has 0 unspecified atom stereocenters. The molecule has 0 saturated carbocycles. The molecule has 33 heavy (non-hydrogen) atoms. The van der Waals surface area contributed by atoms with Gasteiger partial charge in [0.2, 0.25) is 5.91 Å². The third kappa shape index (κ3) is 5.55. The average molecular weight is 457 g/mol. The molecule has 2 aliphatic heterocycles. The van der Waals surface area contributed by atoms with Crippen LogP contribution in [0.3, 0.4) is 0 Å². The van der Waals surface area contributed by atoms with Crippen molar-refractivity contribution in [2.45, 2.75) is 37.6 Å². The second kappa shape index (κ2) is 10.1. The van der Waals surface area contributed by atoms with Gasteiger partial charge in [-0.1, -0.05) is 36.4 Å². The second-order valence-corrected chi connectivity index (χ2v) is 8.07. The van der Waals surface area contributed by atoms with Crippen molar-refractivity contribution in [3.8, 4) is 0 Å². The van der Waals surface area contributed by atoms with Gasteiger partial charge >= 0.3 is 6.03 Å². The topological polar surface area (TPSA) is 90.9 Å². The van der Waals surface area contributed by atoms with Crippen molar-refractivity contribution in [2.75, 3.05) is 18.5 Å². The van der Waals surface area contributed by atoms with Crippen molar-refractivity contribution < 1.29 is 28.2 Å². The molecule has 174 valence electrons. The second-order valence-electron chi connectivity index (χ2n) is 8.07. The van der Waals surface area contributed by atoms with E-state index in [0.717, 1.165) is 30.2 Å². The fourth-order valence-corrected chi connectivity index (χ4v) is 4.05. The highest BCUT2D eigenvalue weighted by molar-refractivity contribution is 5.89. The SMILES string of the molecule is O=C(Nc1cc(F)ccc1F)N[C@H]1C=C[C@H](CC(=O)N2CCc3ccccc3C2)O[C@H]1CO. The van der Waals surface area contributed by atoms with Crippen LogP contribution in [0.25, 0.3) is 0 Å². The van der Waals surface area contributed by atoms with Crippen LogP contribution in [0.15, 0.2) is 54.6 Å². The number of ether oxygens (including phenoxy) is 1. The van der Waals surface area contributed by atoms with Gasteiger partial charge in [-0.3, -0.25) is 4.79 Å². The lowest BCUT2D eigenvalue weighted by molar-refractivity contribution is -0.136. The van der Waals surface area contributed by atoms with E-state index in [0.29, 0.717) is 13.1 Å². The molecule has 0 fully saturated rings. The Labute approximate surface area is 190 Å². The number of nitrogens with zero attached hydrogens (tertiary/aromatic N) is 1. The van der Waals surface area contributed by atoms with Crippen molar-refractivity contribution in [3.05, 3.63) is 77.4 Å². The van der Waals surface area contributed by atoms with Crippen molar-refractivity contribution in [2.24, 2.45) is 0 Å². The van der Waals surface area contributed by atoms with E-state index in [2.05, 4.69) is 16.7 Å². The van der Waals surface area contributed by atoms with Gasteiger partial charge in [0.1, 0.15) is 17.7 Å². The molecule has 3 amide bonds. The maximum atomic E-state index is 13.7. The number of nitrogens with one attached hydrogen (secondary N) is 2. The Balaban J connectivity index is 1.33. The molecule has 0 saturated heterocycles. The van der Waals surface area contributed by atoms with Crippen molar-refractivity contribution in [1.82, 2.24) is 10.2 Å². The number of urea groups is 1. The molecule has 0 spiro atoms. The minimum atomic E-state index is -0.794. The van der Waals surface area contributed by atoms with Crippen LogP contribution < -0.4 is 10.6 Å². The van der Waals surface area contributed by atoms with E-state index in [1.54, 1.807) is 17.1 Å². The van der Waals surface area contributed by atoms with Crippen LogP contribution in [-0.2, 0) is 22.5 Å². The molecule has 7 nitrogen and oxygen atoms in total. The zero-order chi connectivity index (χ0) is 23.4. The number of rotatable bonds is 5. The summed E-state index contributed by atoms with van der Waals surface area (Å²) in [4.78, 5) is 26.8. The maximum absolute atomic E-state index is 13.7. The fourth-order valence-electron chi connectivity index (χ4n) is 4.05. The minimum Gasteiger partial charge on any atom is -0.394 e. The van der Waals surface area contributed by atoms with Crippen LogP contribution in [-0.4, -0.2) is 53.3 Å². The van der Waals surface area contributed by atoms with Crippen molar-refractivity contribution in [1.29, 1.82) is 0 Å². The Morgan fingerprint density at radius 1 is 1.12 bits per heavy atom. The van der Waals surface area contributed by atoms with Gasteiger partial charge in [-0.25, -0.2) is 13.6 Å². The third-order valence-corrected chi connectivity index (χ3v) is 5.80. The number of aliphatic hydroxyl groups excluding tert-OH is 1. The first-order valence-corrected chi connectivity index (χ1v) is 10.7. The van der Waals surface area contributed by atoms with Gasteiger partial charge in [0.05, 0.1) is 30.9 Å². The van der Waals surface area contributed by atoms with E-state index in [1.165, 1.54) is 5.56 Å². The number of anilines is 1. The highest BCUT2D eigenvalue weighted by Gasteiger charge is 2.31. The lowest BCUT2D eigenvalue weighted by Gasteiger charge is -2.34. The lowest BCUT2D eigenvalue weighted by atomic mass is 9.99. The molecule has 0 radical (unpaired) electrons. The van der Waals surface area contributed by atoms with Crippen LogP contribution in [0, 0.1) is 11.6 Å². The Morgan fingerprint density at radius 3 is 2.70 bits per heavy atom. The molecule has 9 heteroatoms. The van der Waals surface area contributed by atoms with Gasteiger partial charge in [0.15, 0.2) is 0 Å². The van der Waals surface area contributed by atoms with Gasteiger partial charge in [-0.2, -0.15) is 0 Å². The molecule has 0 bridgehead atoms. The van der Waals surface area contributed by atoms with E-state index >= 15 is 0 Å². The number of fused-ring (bicyclic) bond motifs is 1. The molecule has 2 aromatic rings. The highest BCUT2D eigenvalue weighted by atomic mass is 19.1. The Hall–Kier alpha value is -3.30. The summed E-state index contributed by atoms with van der Waals surface area (Å²) < 4.78 is 32.8. The Morgan fingerprint density at radius 2 is 1.91 bits per heavy atom. The van der Waals surface area contributed by atoms with Crippen LogP contribution in [0.5, 0.6) is 0 Å². The van der Waals surface area contributed by atoms with Crippen LogP contribution in [0.2, 0.25) is 0 Å². The Kier molecular flexibility index (Phi) is 7.00. The monoisotopic (exact) mass is 457 g/mol. The van der Waals surface area contributed by atoms with E-state index in [4.69, 9.17) is 4.74 Å². The van der Waals surface area contributed by atoms with E-state index in [1.807, 2.05) is 18.2 Å². The molecule has 0 aromatic heterocycles. The van der Waals surface area contributed by atoms with Gasteiger partial charge in [-0.15, -0.1) is 0 Å². The smallest absolute Gasteiger partial charge is 0.319 e. The standard InChI is InChI=1S/C24H25F2N3O4/c25-17-5-7-19(26)21(11-17)28-24(32)27-20-8-6-18(33-22(20)14-30)12-23(31)29-10-9-15-3-1-2-4-16(15)13-29/h1-8,11,18,20,22,30H,9-10,12-14H2,(H2,27,28,32)/t18-,20+,22+/m1/s1. The summed E-state index contributed by atoms with van der Waals surface area (Å²) in [7, 11) is 0. The van der Waals surface area contributed by atoms with Crippen LogP contribution in [0.1, 0.15) is 17.5 Å². The number of carbonyl (C=O) groups is 2. The number of hydrogen-bond donors (Lipinski definition) is 3. The zero-order valence-corrected chi connectivity index (χ0v) is 17.8. The van der Waals surface area contributed by atoms with Gasteiger partial charge in [0, 0.05) is 19.2 Å². The molecule has 2 aromatic carbocycles. The molecular weight excluding hydrogens is 432 g/mol.